The zero-order valence-electron chi connectivity index (χ0n) is 8.21. The highest BCUT2D eigenvalue weighted by Crippen LogP contribution is 2.09. The van der Waals surface area contributed by atoms with Gasteiger partial charge in [-0.25, -0.2) is 4.79 Å². The number of urea groups is 1. The van der Waals surface area contributed by atoms with Gasteiger partial charge < -0.3 is 16.4 Å². The first-order chi connectivity index (χ1) is 6.72. The molecule has 0 aliphatic heterocycles. The molecule has 0 atom stereocenters. The van der Waals surface area contributed by atoms with Crippen LogP contribution < -0.4 is 16.4 Å². The van der Waals surface area contributed by atoms with Crippen molar-refractivity contribution >= 4 is 17.4 Å². The van der Waals surface area contributed by atoms with Crippen LogP contribution in [0.15, 0.2) is 24.3 Å². The van der Waals surface area contributed by atoms with Crippen molar-refractivity contribution in [2.24, 2.45) is 0 Å². The summed E-state index contributed by atoms with van der Waals surface area (Å²) < 4.78 is 0. The first-order valence-electron chi connectivity index (χ1n) is 4.62. The van der Waals surface area contributed by atoms with Gasteiger partial charge in [0.2, 0.25) is 0 Å². The van der Waals surface area contributed by atoms with Crippen molar-refractivity contribution in [3.8, 4) is 0 Å². The summed E-state index contributed by atoms with van der Waals surface area (Å²) in [7, 11) is 0. The lowest BCUT2D eigenvalue weighted by Crippen LogP contribution is -2.29. The Bertz CT molecular complexity index is 295. The van der Waals surface area contributed by atoms with Crippen molar-refractivity contribution < 1.29 is 4.79 Å². The summed E-state index contributed by atoms with van der Waals surface area (Å²) in [6.45, 7) is 2.68. The van der Waals surface area contributed by atoms with Gasteiger partial charge in [0.05, 0.1) is 0 Å². The van der Waals surface area contributed by atoms with Crippen LogP contribution in [0.25, 0.3) is 0 Å². The largest absolute Gasteiger partial charge is 0.399 e. The number of benzene rings is 1. The Labute approximate surface area is 83.5 Å². The minimum Gasteiger partial charge on any atom is -0.399 e. The predicted octanol–water partition coefficient (Wildman–Crippen LogP) is 1.80. The third-order valence-electron chi connectivity index (χ3n) is 1.70. The van der Waals surface area contributed by atoms with E-state index in [0.717, 1.165) is 12.1 Å². The van der Waals surface area contributed by atoms with Crippen LogP contribution in [-0.2, 0) is 0 Å². The lowest BCUT2D eigenvalue weighted by Gasteiger charge is -2.06. The van der Waals surface area contributed by atoms with Crippen LogP contribution in [-0.4, -0.2) is 12.6 Å². The number of carbonyl (C=O) groups excluding carboxylic acids is 1. The number of rotatable bonds is 3. The van der Waals surface area contributed by atoms with E-state index in [2.05, 4.69) is 10.6 Å². The molecule has 0 fully saturated rings. The van der Waals surface area contributed by atoms with E-state index in [9.17, 15) is 4.79 Å². The van der Waals surface area contributed by atoms with Gasteiger partial charge >= 0.3 is 6.03 Å². The topological polar surface area (TPSA) is 67.2 Å². The molecule has 1 aromatic rings. The molecule has 0 aliphatic carbocycles. The van der Waals surface area contributed by atoms with E-state index in [1.54, 1.807) is 24.3 Å². The zero-order chi connectivity index (χ0) is 10.4. The number of nitrogens with two attached hydrogens (primary N) is 1. The molecule has 1 aromatic carbocycles. The summed E-state index contributed by atoms with van der Waals surface area (Å²) in [5, 5.41) is 5.41. The highest BCUT2D eigenvalue weighted by molar-refractivity contribution is 5.89. The molecule has 2 amide bonds. The molecule has 4 heteroatoms. The molecule has 0 saturated carbocycles. The van der Waals surface area contributed by atoms with Crippen LogP contribution in [0.5, 0.6) is 0 Å². The van der Waals surface area contributed by atoms with Gasteiger partial charge in [-0.3, -0.25) is 0 Å². The van der Waals surface area contributed by atoms with E-state index in [0.29, 0.717) is 12.2 Å². The quantitative estimate of drug-likeness (QED) is 0.641. The van der Waals surface area contributed by atoms with Gasteiger partial charge in [-0.1, -0.05) is 6.92 Å². The Hall–Kier alpha value is -1.71. The van der Waals surface area contributed by atoms with Gasteiger partial charge in [-0.05, 0) is 30.7 Å². The predicted molar refractivity (Wildman–Crippen MR) is 58.2 cm³/mol. The zero-order valence-corrected chi connectivity index (χ0v) is 8.21. The van der Waals surface area contributed by atoms with Gasteiger partial charge in [0, 0.05) is 17.9 Å². The molecule has 4 N–H and O–H groups in total. The molecule has 0 unspecified atom stereocenters. The third-order valence-corrected chi connectivity index (χ3v) is 1.70. The molecular formula is C10H15N3O. The van der Waals surface area contributed by atoms with E-state index in [4.69, 9.17) is 5.73 Å². The molecule has 0 spiro atoms. The van der Waals surface area contributed by atoms with Crippen LogP contribution in [0.1, 0.15) is 13.3 Å². The fourth-order valence-corrected chi connectivity index (χ4v) is 0.980. The maximum atomic E-state index is 11.2. The van der Waals surface area contributed by atoms with Crippen molar-refractivity contribution in [2.75, 3.05) is 17.6 Å². The number of hydrogen-bond acceptors (Lipinski definition) is 2. The van der Waals surface area contributed by atoms with E-state index in [1.165, 1.54) is 0 Å². The summed E-state index contributed by atoms with van der Waals surface area (Å²) >= 11 is 0. The van der Waals surface area contributed by atoms with Gasteiger partial charge in [0.1, 0.15) is 0 Å². The van der Waals surface area contributed by atoms with E-state index in [-0.39, 0.29) is 6.03 Å². The maximum absolute atomic E-state index is 11.2. The minimum absolute atomic E-state index is 0.184. The monoisotopic (exact) mass is 193 g/mol. The van der Waals surface area contributed by atoms with Gasteiger partial charge in [0.25, 0.3) is 0 Å². The molecule has 0 aromatic heterocycles. The van der Waals surface area contributed by atoms with Crippen molar-refractivity contribution in [3.05, 3.63) is 24.3 Å². The lowest BCUT2D eigenvalue weighted by atomic mass is 10.3. The second-order valence-electron chi connectivity index (χ2n) is 3.00. The highest BCUT2D eigenvalue weighted by atomic mass is 16.2. The van der Waals surface area contributed by atoms with Gasteiger partial charge in [0.15, 0.2) is 0 Å². The molecule has 0 aliphatic rings. The SMILES string of the molecule is CCCNC(=O)Nc1ccc(N)cc1. The summed E-state index contributed by atoms with van der Waals surface area (Å²) in [5.74, 6) is 0. The molecule has 0 saturated heterocycles. The number of carbonyl (C=O) groups is 1. The molecule has 4 nitrogen and oxygen atoms in total. The Kier molecular flexibility index (Phi) is 3.79. The Morgan fingerprint density at radius 1 is 1.36 bits per heavy atom. The number of hydrogen-bond donors (Lipinski definition) is 3. The van der Waals surface area contributed by atoms with E-state index < -0.39 is 0 Å². The normalized spacial score (nSPS) is 9.50. The number of amides is 2. The molecule has 14 heavy (non-hydrogen) atoms. The van der Waals surface area contributed by atoms with Crippen molar-refractivity contribution in [2.45, 2.75) is 13.3 Å². The third kappa shape index (κ3) is 3.35. The number of nitrogens with one attached hydrogen (secondary N) is 2. The van der Waals surface area contributed by atoms with Gasteiger partial charge in [-0.2, -0.15) is 0 Å². The lowest BCUT2D eigenvalue weighted by molar-refractivity contribution is 0.252. The van der Waals surface area contributed by atoms with E-state index in [1.807, 2.05) is 6.92 Å². The van der Waals surface area contributed by atoms with Crippen LogP contribution in [0, 0.1) is 0 Å². The standard InChI is InChI=1S/C10H15N3O/c1-2-7-12-10(14)13-9-5-3-8(11)4-6-9/h3-6H,2,7,11H2,1H3,(H2,12,13,14). The smallest absolute Gasteiger partial charge is 0.319 e. The fourth-order valence-electron chi connectivity index (χ4n) is 0.980. The highest BCUT2D eigenvalue weighted by Gasteiger charge is 1.98. The van der Waals surface area contributed by atoms with Crippen molar-refractivity contribution in [1.82, 2.24) is 5.32 Å². The first-order valence-corrected chi connectivity index (χ1v) is 4.62. The van der Waals surface area contributed by atoms with Crippen LogP contribution >= 0.6 is 0 Å². The van der Waals surface area contributed by atoms with Crippen molar-refractivity contribution in [3.63, 3.8) is 0 Å². The Morgan fingerprint density at radius 2 is 2.00 bits per heavy atom. The first kappa shape index (κ1) is 10.4. The fraction of sp³-hybridized carbons (Fsp3) is 0.300. The number of nitrogen functional groups attached to an aromatic ring is 1. The summed E-state index contributed by atoms with van der Waals surface area (Å²) in [5.41, 5.74) is 6.94. The van der Waals surface area contributed by atoms with Crippen LogP contribution in [0.2, 0.25) is 0 Å². The molecule has 0 radical (unpaired) electrons. The average molecular weight is 193 g/mol. The molecule has 1 rings (SSSR count). The second kappa shape index (κ2) is 5.11. The average Bonchev–Trinajstić information content (AvgIpc) is 2.18. The summed E-state index contributed by atoms with van der Waals surface area (Å²) in [6, 6.07) is 6.84. The van der Waals surface area contributed by atoms with E-state index >= 15 is 0 Å². The summed E-state index contributed by atoms with van der Waals surface area (Å²) in [4.78, 5) is 11.2. The molecule has 0 bridgehead atoms. The maximum Gasteiger partial charge on any atom is 0.319 e. The molecule has 76 valence electrons. The number of anilines is 2. The Balaban J connectivity index is 2.44. The molecule has 0 heterocycles. The summed E-state index contributed by atoms with van der Waals surface area (Å²) in [6.07, 6.45) is 0.926. The second-order valence-corrected chi connectivity index (χ2v) is 3.00. The van der Waals surface area contributed by atoms with Crippen molar-refractivity contribution in [1.29, 1.82) is 0 Å². The Morgan fingerprint density at radius 3 is 2.57 bits per heavy atom. The van der Waals surface area contributed by atoms with Gasteiger partial charge in [-0.15, -0.1) is 0 Å². The minimum atomic E-state index is -0.184. The van der Waals surface area contributed by atoms with Crippen LogP contribution in [0.4, 0.5) is 16.2 Å². The molecular weight excluding hydrogens is 178 g/mol. The van der Waals surface area contributed by atoms with Crippen LogP contribution in [0.3, 0.4) is 0 Å².